The molecule has 32 heavy (non-hydrogen) atoms. The lowest BCUT2D eigenvalue weighted by Crippen LogP contribution is -2.42. The molecule has 0 atom stereocenters. The molecule has 0 aromatic heterocycles. The summed E-state index contributed by atoms with van der Waals surface area (Å²) < 4.78 is 50.7. The van der Waals surface area contributed by atoms with E-state index < -0.39 is 11.7 Å². The van der Waals surface area contributed by atoms with Crippen molar-refractivity contribution in [3.8, 4) is 0 Å². The molecule has 0 bridgehead atoms. The van der Waals surface area contributed by atoms with E-state index in [-0.39, 0.29) is 29.4 Å². The van der Waals surface area contributed by atoms with Crippen LogP contribution >= 0.6 is 24.0 Å². The largest absolute Gasteiger partial charge is 0.416 e. The molecule has 0 spiro atoms. The van der Waals surface area contributed by atoms with Crippen LogP contribution in [0, 0.1) is 0 Å². The quantitative estimate of drug-likeness (QED) is 0.193. The summed E-state index contributed by atoms with van der Waals surface area (Å²) in [6, 6.07) is 5.73. The molecule has 2 aliphatic rings. The first-order valence-corrected chi connectivity index (χ1v) is 11.3. The van der Waals surface area contributed by atoms with E-state index in [1.807, 2.05) is 6.92 Å². The second-order valence-corrected chi connectivity index (χ2v) is 8.37. The smallest absolute Gasteiger partial charge is 0.381 e. The molecule has 182 valence electrons. The van der Waals surface area contributed by atoms with Gasteiger partial charge in [0.15, 0.2) is 5.96 Å². The van der Waals surface area contributed by atoms with Gasteiger partial charge in [0, 0.05) is 38.3 Å². The van der Waals surface area contributed by atoms with Crippen LogP contribution < -0.4 is 10.6 Å². The number of alkyl halides is 3. The third kappa shape index (κ3) is 7.76. The van der Waals surface area contributed by atoms with Crippen LogP contribution in [-0.4, -0.2) is 51.5 Å². The van der Waals surface area contributed by atoms with Gasteiger partial charge in [0.05, 0.1) is 18.2 Å². The summed E-state index contributed by atoms with van der Waals surface area (Å²) in [5.74, 6) is 0.701. The highest BCUT2D eigenvalue weighted by Crippen LogP contribution is 2.45. The number of hydrogen-bond donors (Lipinski definition) is 2. The first-order chi connectivity index (χ1) is 14.9. The molecule has 0 amide bonds. The maximum atomic E-state index is 13.1. The molecule has 9 heteroatoms. The zero-order chi connectivity index (χ0) is 22.2. The Labute approximate surface area is 205 Å². The molecule has 2 N–H and O–H groups in total. The molecule has 5 nitrogen and oxygen atoms in total. The van der Waals surface area contributed by atoms with Crippen LogP contribution in [-0.2, 0) is 21.1 Å². The van der Waals surface area contributed by atoms with Crippen LogP contribution in [0.5, 0.6) is 0 Å². The lowest BCUT2D eigenvalue weighted by atomic mass is 9.64. The number of benzene rings is 1. The van der Waals surface area contributed by atoms with Crippen molar-refractivity contribution in [1.29, 1.82) is 0 Å². The number of guanidine groups is 1. The van der Waals surface area contributed by atoms with E-state index in [1.165, 1.54) is 12.1 Å². The van der Waals surface area contributed by atoms with Gasteiger partial charge in [-0.15, -0.1) is 24.0 Å². The van der Waals surface area contributed by atoms with Gasteiger partial charge >= 0.3 is 6.18 Å². The van der Waals surface area contributed by atoms with Crippen LogP contribution in [0.2, 0.25) is 0 Å². The minimum atomic E-state index is -4.33. The highest BCUT2D eigenvalue weighted by atomic mass is 127. The Balaban J connectivity index is 0.00000363. The van der Waals surface area contributed by atoms with Gasteiger partial charge in [0.1, 0.15) is 0 Å². The van der Waals surface area contributed by atoms with Crippen LogP contribution in [0.25, 0.3) is 0 Å². The van der Waals surface area contributed by atoms with Crippen molar-refractivity contribution < 1.29 is 22.6 Å². The Bertz CT molecular complexity index is 721. The molecular formula is C23H35F3IN3O2. The number of halogens is 4. The van der Waals surface area contributed by atoms with Gasteiger partial charge in [0.2, 0.25) is 0 Å². The topological polar surface area (TPSA) is 54.9 Å². The van der Waals surface area contributed by atoms with Crippen molar-refractivity contribution >= 4 is 29.9 Å². The molecule has 1 saturated carbocycles. The first kappa shape index (κ1) is 27.2. The zero-order valence-corrected chi connectivity index (χ0v) is 21.0. The van der Waals surface area contributed by atoms with E-state index in [1.54, 1.807) is 6.07 Å². The minimum absolute atomic E-state index is 0. The molecule has 1 aliphatic carbocycles. The fraction of sp³-hybridized carbons (Fsp3) is 0.696. The third-order valence-electron chi connectivity index (χ3n) is 6.13. The van der Waals surface area contributed by atoms with Gasteiger partial charge in [-0.25, -0.2) is 0 Å². The van der Waals surface area contributed by atoms with Crippen LogP contribution in [0.4, 0.5) is 13.2 Å². The average Bonchev–Trinajstić information content (AvgIpc) is 2.73. The predicted molar refractivity (Wildman–Crippen MR) is 131 cm³/mol. The summed E-state index contributed by atoms with van der Waals surface area (Å²) in [5, 5.41) is 6.55. The van der Waals surface area contributed by atoms with Gasteiger partial charge in [-0.05, 0) is 50.7 Å². The van der Waals surface area contributed by atoms with Gasteiger partial charge < -0.3 is 20.1 Å². The second-order valence-electron chi connectivity index (χ2n) is 8.37. The summed E-state index contributed by atoms with van der Waals surface area (Å²) in [6.07, 6.45) is 1.46. The standard InChI is InChI=1S/C23H34F3N3O2.HI/c1-2-27-21(28-12-5-13-31-20-8-14-30-15-9-20)29-17-22(10-4-11-22)18-6-3-7-19(16-18)23(24,25)26;/h3,6-7,16,20H,2,4-5,8-15,17H2,1H3,(H2,27,28,29);1H. The van der Waals surface area contributed by atoms with Crippen LogP contribution in [0.1, 0.15) is 56.6 Å². The number of hydrogen-bond acceptors (Lipinski definition) is 3. The Morgan fingerprint density at radius 1 is 1.22 bits per heavy atom. The molecule has 0 radical (unpaired) electrons. The molecule has 1 aromatic rings. The lowest BCUT2D eigenvalue weighted by molar-refractivity contribution is -0.137. The molecule has 1 aromatic carbocycles. The highest BCUT2D eigenvalue weighted by Gasteiger charge is 2.40. The predicted octanol–water partition coefficient (Wildman–Crippen LogP) is 4.89. The van der Waals surface area contributed by atoms with Gasteiger partial charge in [0.25, 0.3) is 0 Å². The normalized spacial score (nSPS) is 19.1. The van der Waals surface area contributed by atoms with E-state index in [2.05, 4.69) is 10.6 Å². The van der Waals surface area contributed by atoms with Gasteiger partial charge in [-0.1, -0.05) is 24.6 Å². The second kappa shape index (κ2) is 13.0. The number of aliphatic imine (C=N–C) groups is 1. The summed E-state index contributed by atoms with van der Waals surface area (Å²) in [6.45, 7) is 6.15. The van der Waals surface area contributed by atoms with E-state index in [0.717, 1.165) is 76.5 Å². The van der Waals surface area contributed by atoms with E-state index >= 15 is 0 Å². The Hall–Kier alpha value is -1.07. The summed E-state index contributed by atoms with van der Waals surface area (Å²) >= 11 is 0. The maximum absolute atomic E-state index is 13.1. The fourth-order valence-corrected chi connectivity index (χ4v) is 4.11. The minimum Gasteiger partial charge on any atom is -0.381 e. The van der Waals surface area contributed by atoms with Crippen molar-refractivity contribution in [3.63, 3.8) is 0 Å². The maximum Gasteiger partial charge on any atom is 0.416 e. The summed E-state index contributed by atoms with van der Waals surface area (Å²) in [7, 11) is 0. The van der Waals surface area contributed by atoms with Crippen LogP contribution in [0.3, 0.4) is 0 Å². The van der Waals surface area contributed by atoms with Crippen molar-refractivity contribution in [2.45, 2.75) is 63.1 Å². The van der Waals surface area contributed by atoms with E-state index in [4.69, 9.17) is 14.5 Å². The number of ether oxygens (including phenoxy) is 2. The number of rotatable bonds is 9. The Kier molecular flexibility index (Phi) is 11.0. The van der Waals surface area contributed by atoms with Crippen molar-refractivity contribution in [2.24, 2.45) is 4.99 Å². The molecular weight excluding hydrogens is 534 g/mol. The molecule has 1 saturated heterocycles. The Morgan fingerprint density at radius 2 is 1.97 bits per heavy atom. The molecule has 3 rings (SSSR count). The lowest BCUT2D eigenvalue weighted by Gasteiger charge is -2.41. The summed E-state index contributed by atoms with van der Waals surface area (Å²) in [5.41, 5.74) is -0.164. The van der Waals surface area contributed by atoms with E-state index in [0.29, 0.717) is 25.2 Å². The average molecular weight is 569 g/mol. The monoisotopic (exact) mass is 569 g/mol. The number of nitrogens with zero attached hydrogens (tertiary/aromatic N) is 1. The fourth-order valence-electron chi connectivity index (χ4n) is 4.11. The molecule has 2 fully saturated rings. The first-order valence-electron chi connectivity index (χ1n) is 11.3. The van der Waals surface area contributed by atoms with Gasteiger partial charge in [-0.3, -0.25) is 4.99 Å². The SMILES string of the molecule is CCNC(=NCC1(c2cccc(C(F)(F)F)c2)CCC1)NCCCOC1CCOCC1.I. The van der Waals surface area contributed by atoms with Gasteiger partial charge in [-0.2, -0.15) is 13.2 Å². The van der Waals surface area contributed by atoms with Crippen molar-refractivity contribution in [2.75, 3.05) is 39.5 Å². The summed E-state index contributed by atoms with van der Waals surface area (Å²) in [4.78, 5) is 4.72. The van der Waals surface area contributed by atoms with E-state index in [9.17, 15) is 13.2 Å². The zero-order valence-electron chi connectivity index (χ0n) is 18.7. The van der Waals surface area contributed by atoms with Crippen molar-refractivity contribution in [3.05, 3.63) is 35.4 Å². The third-order valence-corrected chi connectivity index (χ3v) is 6.13. The molecule has 0 unspecified atom stereocenters. The Morgan fingerprint density at radius 3 is 2.59 bits per heavy atom. The van der Waals surface area contributed by atoms with Crippen LogP contribution in [0.15, 0.2) is 29.3 Å². The van der Waals surface area contributed by atoms with Crippen molar-refractivity contribution in [1.82, 2.24) is 10.6 Å². The highest BCUT2D eigenvalue weighted by molar-refractivity contribution is 14.0. The molecule has 1 aliphatic heterocycles. The molecule has 1 heterocycles. The number of nitrogens with one attached hydrogen (secondary N) is 2.